The second-order valence-electron chi connectivity index (χ2n) is 2.67. The van der Waals surface area contributed by atoms with Gasteiger partial charge in [-0.05, 0) is 6.92 Å². The fourth-order valence-electron chi connectivity index (χ4n) is 1.07. The number of carbonyl (C=O) groups excluding carboxylic acids is 1. The molecule has 0 aliphatic carbocycles. The van der Waals surface area contributed by atoms with Gasteiger partial charge in [-0.1, -0.05) is 35.5 Å². The van der Waals surface area contributed by atoms with E-state index in [0.717, 1.165) is 0 Å². The van der Waals surface area contributed by atoms with Crippen molar-refractivity contribution in [3.8, 4) is 0 Å². The van der Waals surface area contributed by atoms with Crippen LogP contribution in [-0.4, -0.2) is 23.4 Å². The van der Waals surface area contributed by atoms with Crippen molar-refractivity contribution < 1.29 is 10.0 Å². The van der Waals surface area contributed by atoms with E-state index >= 15 is 0 Å². The van der Waals surface area contributed by atoms with Crippen LogP contribution >= 0.6 is 0 Å². The zero-order chi connectivity index (χ0) is 10.4. The van der Waals surface area contributed by atoms with E-state index in [1.165, 1.54) is 0 Å². The molecule has 0 spiro atoms. The highest BCUT2D eigenvalue weighted by Crippen LogP contribution is 2.00. The number of benzene rings is 1. The molecule has 0 radical (unpaired) electrons. The van der Waals surface area contributed by atoms with Crippen LogP contribution in [-0.2, 0) is 4.79 Å². The number of nitrogens with one attached hydrogen (secondary N) is 1. The minimum Gasteiger partial charge on any atom is -0.410 e. The summed E-state index contributed by atoms with van der Waals surface area (Å²) >= 11 is 0. The molecular weight excluding hydrogens is 180 g/mol. The van der Waals surface area contributed by atoms with Crippen LogP contribution < -0.4 is 5.32 Å². The quantitative estimate of drug-likeness (QED) is 0.426. The number of carbonyl (C=O) groups is 1. The Balaban J connectivity index is 2.89. The zero-order valence-electron chi connectivity index (χ0n) is 7.90. The molecule has 0 atom stereocenters. The molecule has 0 fully saturated rings. The standard InChI is InChI=1S/C10H12N2O2/c1-2-11-10(13)9(12-14)8-6-4-3-5-7-8/h3-7,14H,2H2,1H3,(H,11,13)/b12-9+. The van der Waals surface area contributed by atoms with E-state index in [-0.39, 0.29) is 11.6 Å². The number of hydrogen-bond acceptors (Lipinski definition) is 3. The van der Waals surface area contributed by atoms with Crippen LogP contribution in [0.3, 0.4) is 0 Å². The van der Waals surface area contributed by atoms with E-state index in [2.05, 4.69) is 10.5 Å². The summed E-state index contributed by atoms with van der Waals surface area (Å²) in [7, 11) is 0. The van der Waals surface area contributed by atoms with E-state index in [0.29, 0.717) is 12.1 Å². The lowest BCUT2D eigenvalue weighted by atomic mass is 10.1. The summed E-state index contributed by atoms with van der Waals surface area (Å²) in [5.74, 6) is -0.374. The van der Waals surface area contributed by atoms with Crippen molar-refractivity contribution in [3.05, 3.63) is 35.9 Å². The Labute approximate surface area is 82.2 Å². The molecule has 1 rings (SSSR count). The van der Waals surface area contributed by atoms with Crippen LogP contribution in [0.1, 0.15) is 12.5 Å². The lowest BCUT2D eigenvalue weighted by Crippen LogP contribution is -2.31. The average Bonchev–Trinajstić information content (AvgIpc) is 2.21. The van der Waals surface area contributed by atoms with Gasteiger partial charge in [-0.3, -0.25) is 4.79 Å². The first-order valence-electron chi connectivity index (χ1n) is 4.35. The van der Waals surface area contributed by atoms with Gasteiger partial charge in [-0.25, -0.2) is 0 Å². The monoisotopic (exact) mass is 192 g/mol. The second kappa shape index (κ2) is 5.01. The molecule has 1 amide bonds. The lowest BCUT2D eigenvalue weighted by Gasteiger charge is -2.03. The van der Waals surface area contributed by atoms with Gasteiger partial charge in [0.25, 0.3) is 5.91 Å². The average molecular weight is 192 g/mol. The molecule has 4 nitrogen and oxygen atoms in total. The normalized spacial score (nSPS) is 11.1. The zero-order valence-corrected chi connectivity index (χ0v) is 7.90. The predicted octanol–water partition coefficient (Wildman–Crippen LogP) is 1.00. The van der Waals surface area contributed by atoms with Crippen LogP contribution in [0.4, 0.5) is 0 Å². The molecule has 0 heterocycles. The van der Waals surface area contributed by atoms with Gasteiger partial charge in [0.1, 0.15) is 0 Å². The number of oxime groups is 1. The van der Waals surface area contributed by atoms with E-state index < -0.39 is 0 Å². The van der Waals surface area contributed by atoms with E-state index in [4.69, 9.17) is 5.21 Å². The van der Waals surface area contributed by atoms with E-state index in [1.807, 2.05) is 6.07 Å². The molecule has 0 aliphatic rings. The van der Waals surface area contributed by atoms with Crippen molar-refractivity contribution in [1.82, 2.24) is 5.32 Å². The highest BCUT2D eigenvalue weighted by Gasteiger charge is 2.12. The van der Waals surface area contributed by atoms with E-state index in [1.54, 1.807) is 31.2 Å². The summed E-state index contributed by atoms with van der Waals surface area (Å²) in [6.45, 7) is 2.31. The van der Waals surface area contributed by atoms with Crippen molar-refractivity contribution >= 4 is 11.6 Å². The molecule has 0 aliphatic heterocycles. The summed E-state index contributed by atoms with van der Waals surface area (Å²) in [5, 5.41) is 14.3. The van der Waals surface area contributed by atoms with Gasteiger partial charge < -0.3 is 10.5 Å². The third-order valence-electron chi connectivity index (χ3n) is 1.70. The van der Waals surface area contributed by atoms with Gasteiger partial charge >= 0.3 is 0 Å². The lowest BCUT2D eigenvalue weighted by molar-refractivity contribution is -0.114. The van der Waals surface area contributed by atoms with Gasteiger partial charge in [0, 0.05) is 12.1 Å². The molecule has 0 aromatic heterocycles. The number of rotatable bonds is 3. The molecular formula is C10H12N2O2. The Hall–Kier alpha value is -1.84. The summed E-state index contributed by atoms with van der Waals surface area (Å²) in [5.41, 5.74) is 0.633. The van der Waals surface area contributed by atoms with Crippen LogP contribution in [0.5, 0.6) is 0 Å². The SMILES string of the molecule is CCNC(=O)/C(=N/O)c1ccccc1. The third kappa shape index (κ3) is 2.32. The Bertz CT molecular complexity index is 333. The van der Waals surface area contributed by atoms with Gasteiger partial charge in [0.15, 0.2) is 5.71 Å². The van der Waals surface area contributed by atoms with Gasteiger partial charge in [-0.15, -0.1) is 0 Å². The van der Waals surface area contributed by atoms with Gasteiger partial charge in [-0.2, -0.15) is 0 Å². The molecule has 2 N–H and O–H groups in total. The fraction of sp³-hybridized carbons (Fsp3) is 0.200. The highest BCUT2D eigenvalue weighted by atomic mass is 16.4. The first-order chi connectivity index (χ1) is 6.79. The third-order valence-corrected chi connectivity index (χ3v) is 1.70. The fourth-order valence-corrected chi connectivity index (χ4v) is 1.07. The van der Waals surface area contributed by atoms with Crippen LogP contribution in [0.15, 0.2) is 35.5 Å². The summed E-state index contributed by atoms with van der Waals surface area (Å²) < 4.78 is 0. The molecule has 0 bridgehead atoms. The maximum absolute atomic E-state index is 11.4. The Morgan fingerprint density at radius 1 is 1.43 bits per heavy atom. The molecule has 0 saturated carbocycles. The molecule has 14 heavy (non-hydrogen) atoms. The molecule has 74 valence electrons. The van der Waals surface area contributed by atoms with Crippen LogP contribution in [0, 0.1) is 0 Å². The molecule has 0 unspecified atom stereocenters. The molecule has 1 aromatic rings. The maximum atomic E-state index is 11.4. The highest BCUT2D eigenvalue weighted by molar-refractivity contribution is 6.45. The first-order valence-corrected chi connectivity index (χ1v) is 4.35. The van der Waals surface area contributed by atoms with Crippen molar-refractivity contribution in [2.75, 3.05) is 6.54 Å². The Morgan fingerprint density at radius 3 is 2.57 bits per heavy atom. The van der Waals surface area contributed by atoms with Crippen molar-refractivity contribution in [3.63, 3.8) is 0 Å². The summed E-state index contributed by atoms with van der Waals surface area (Å²) in [6.07, 6.45) is 0. The molecule has 4 heteroatoms. The molecule has 1 aromatic carbocycles. The van der Waals surface area contributed by atoms with Crippen LogP contribution in [0.25, 0.3) is 0 Å². The van der Waals surface area contributed by atoms with Gasteiger partial charge in [0.05, 0.1) is 0 Å². The minimum atomic E-state index is -0.374. The van der Waals surface area contributed by atoms with Gasteiger partial charge in [0.2, 0.25) is 0 Å². The summed E-state index contributed by atoms with van der Waals surface area (Å²) in [6, 6.07) is 8.81. The largest absolute Gasteiger partial charge is 0.410 e. The van der Waals surface area contributed by atoms with Crippen molar-refractivity contribution in [2.24, 2.45) is 5.16 Å². The maximum Gasteiger partial charge on any atom is 0.273 e. The second-order valence-corrected chi connectivity index (χ2v) is 2.67. The number of hydrogen-bond donors (Lipinski definition) is 2. The smallest absolute Gasteiger partial charge is 0.273 e. The minimum absolute atomic E-state index is 0.0347. The van der Waals surface area contributed by atoms with Crippen LogP contribution in [0.2, 0.25) is 0 Å². The Kier molecular flexibility index (Phi) is 3.67. The first kappa shape index (κ1) is 10.2. The molecule has 0 saturated heterocycles. The van der Waals surface area contributed by atoms with Crippen molar-refractivity contribution in [1.29, 1.82) is 0 Å². The number of nitrogens with zero attached hydrogens (tertiary/aromatic N) is 1. The number of likely N-dealkylation sites (N-methyl/N-ethyl adjacent to an activating group) is 1. The summed E-state index contributed by atoms with van der Waals surface area (Å²) in [4.78, 5) is 11.4. The topological polar surface area (TPSA) is 61.7 Å². The Morgan fingerprint density at radius 2 is 2.07 bits per heavy atom. The number of amides is 1. The predicted molar refractivity (Wildman–Crippen MR) is 53.4 cm³/mol. The van der Waals surface area contributed by atoms with Crippen molar-refractivity contribution in [2.45, 2.75) is 6.92 Å². The van der Waals surface area contributed by atoms with E-state index in [9.17, 15) is 4.79 Å².